The smallest absolute Gasteiger partial charge is 0.407 e. The van der Waals surface area contributed by atoms with Crippen molar-refractivity contribution in [2.75, 3.05) is 27.1 Å². The van der Waals surface area contributed by atoms with E-state index in [2.05, 4.69) is 4.74 Å². The fourth-order valence-corrected chi connectivity index (χ4v) is 2.08. The lowest BCUT2D eigenvalue weighted by atomic mass is 10.0. The molecule has 1 aromatic carbocycles. The molecule has 1 atom stereocenters. The molecule has 5 heteroatoms. The predicted octanol–water partition coefficient (Wildman–Crippen LogP) is 1.92. The molecule has 21 heavy (non-hydrogen) atoms. The quantitative estimate of drug-likeness (QED) is 0.887. The van der Waals surface area contributed by atoms with E-state index in [1.165, 1.54) is 18.2 Å². The number of rotatable bonds is 5. The van der Waals surface area contributed by atoms with Crippen molar-refractivity contribution >= 4 is 17.0 Å². The SMILES string of the molecule is [2H]c1c(CC([2H])([2H])N(C)C([2H])([2H])[2H])c2cc(C[C@]3([2H])N([2H])C(=O)OC3([2H])[2H])ccc2n1[2H]. The van der Waals surface area contributed by atoms with Crippen LogP contribution in [0.25, 0.3) is 10.9 Å². The molecule has 0 unspecified atom stereocenters. The lowest BCUT2D eigenvalue weighted by Crippen LogP contribution is -2.28. The van der Waals surface area contributed by atoms with Crippen molar-refractivity contribution in [3.05, 3.63) is 35.5 Å². The Kier molecular flexibility index (Phi) is 1.65. The number of hydrogen-bond donors (Lipinski definition) is 2. The number of aryl methyl sites for hydroxylation is 1. The zero-order valence-corrected chi connectivity index (χ0v) is 11.3. The number of fused-ring (bicyclic) bond motifs is 1. The van der Waals surface area contributed by atoms with E-state index in [0.717, 1.165) is 12.0 Å². The van der Waals surface area contributed by atoms with Crippen molar-refractivity contribution in [3.63, 3.8) is 0 Å². The minimum Gasteiger partial charge on any atom is -0.447 e. The Labute approximate surface area is 139 Å². The number of H-pyrrole nitrogens is 1. The van der Waals surface area contributed by atoms with Crippen LogP contribution in [-0.2, 0) is 17.6 Å². The van der Waals surface area contributed by atoms with Crippen LogP contribution < -0.4 is 5.31 Å². The first-order valence-electron chi connectivity index (χ1n) is 11.7. The molecule has 0 bridgehead atoms. The van der Waals surface area contributed by atoms with E-state index in [1.54, 1.807) is 0 Å². The molecule has 1 amide bonds. The molecule has 3 rings (SSSR count). The largest absolute Gasteiger partial charge is 0.447 e. The summed E-state index contributed by atoms with van der Waals surface area (Å²) in [5.41, 5.74) is 0.564. The molecule has 1 fully saturated rings. The Morgan fingerprint density at radius 3 is 3.43 bits per heavy atom. The number of alkyl carbamates (subject to hydrolysis) is 1. The van der Waals surface area contributed by atoms with Crippen molar-refractivity contribution < 1.29 is 24.7 Å². The number of aromatic nitrogens is 1. The Hall–Kier alpha value is -2.01. The molecule has 5 nitrogen and oxygen atoms in total. The van der Waals surface area contributed by atoms with Crippen LogP contribution in [0.4, 0.5) is 4.79 Å². The van der Waals surface area contributed by atoms with Gasteiger partial charge in [-0.05, 0) is 50.1 Å². The summed E-state index contributed by atoms with van der Waals surface area (Å²) in [6.45, 7) is -7.89. The highest BCUT2D eigenvalue weighted by Crippen LogP contribution is 2.21. The summed E-state index contributed by atoms with van der Waals surface area (Å²) < 4.78 is 91.2. The minimum absolute atomic E-state index is 0.0569. The molecular formula is C16H21N3O2. The third kappa shape index (κ3) is 3.19. The van der Waals surface area contributed by atoms with Gasteiger partial charge in [0.15, 0.2) is 2.82 Å². The average Bonchev–Trinajstić information content (AvgIpc) is 2.97. The number of carbonyl (C=O) groups is 1. The summed E-state index contributed by atoms with van der Waals surface area (Å²) >= 11 is 0. The van der Waals surface area contributed by atoms with Gasteiger partial charge in [-0.2, -0.15) is 0 Å². The maximum atomic E-state index is 11.6. The summed E-state index contributed by atoms with van der Waals surface area (Å²) in [5, 5.41) is 0.351. The number of nitrogens with zero attached hydrogens (tertiary/aromatic N) is 1. The van der Waals surface area contributed by atoms with Crippen LogP contribution in [0.3, 0.4) is 0 Å². The van der Waals surface area contributed by atoms with Crippen LogP contribution in [0, 0.1) is 0 Å². The first kappa shape index (κ1) is 6.01. The number of benzene rings is 1. The molecule has 1 aliphatic rings. The van der Waals surface area contributed by atoms with Crippen LogP contribution in [0.5, 0.6) is 0 Å². The van der Waals surface area contributed by atoms with Gasteiger partial charge in [0.2, 0.25) is 0 Å². The van der Waals surface area contributed by atoms with Crippen molar-refractivity contribution in [1.29, 1.82) is 0 Å². The van der Waals surface area contributed by atoms with E-state index in [-0.39, 0.29) is 33.5 Å². The first-order valence-corrected chi connectivity index (χ1v) is 6.30. The maximum absolute atomic E-state index is 11.6. The number of hydrogen-bond acceptors (Lipinski definition) is 3. The first-order chi connectivity index (χ1) is 14.4. The minimum atomic E-state index is -2.77. The maximum Gasteiger partial charge on any atom is 0.407 e. The average molecular weight is 298 g/mol. The van der Waals surface area contributed by atoms with Gasteiger partial charge in [-0.15, -0.1) is 0 Å². The van der Waals surface area contributed by atoms with Gasteiger partial charge in [-0.25, -0.2) is 4.79 Å². The number of nitrogens with one attached hydrogen (secondary N) is 2. The van der Waals surface area contributed by atoms with Gasteiger partial charge < -0.3 is 19.9 Å². The zero-order chi connectivity index (χ0) is 24.4. The molecule has 2 heterocycles. The van der Waals surface area contributed by atoms with E-state index in [1.807, 2.05) is 0 Å². The molecule has 2 aromatic rings. The number of aromatic amines is 1. The Morgan fingerprint density at radius 2 is 2.67 bits per heavy atom. The second-order valence-electron chi connectivity index (χ2n) is 4.65. The number of likely N-dealkylation sites (N-methyl/N-ethyl adjacent to an activating group) is 1. The topological polar surface area (TPSA) is 57.4 Å². The third-order valence-corrected chi connectivity index (χ3v) is 3.04. The van der Waals surface area contributed by atoms with Crippen LogP contribution in [0.1, 0.15) is 23.5 Å². The van der Waals surface area contributed by atoms with Crippen molar-refractivity contribution in [1.82, 2.24) is 15.2 Å². The lowest BCUT2D eigenvalue weighted by Gasteiger charge is -2.09. The Bertz CT molecular complexity index is 1070. The van der Waals surface area contributed by atoms with Gasteiger partial charge in [0.25, 0.3) is 0 Å². The van der Waals surface area contributed by atoms with Crippen LogP contribution in [0.2, 0.25) is 2.82 Å². The summed E-state index contributed by atoms with van der Waals surface area (Å²) in [5.74, 6) is 0. The van der Waals surface area contributed by atoms with Gasteiger partial charge in [0, 0.05) is 30.4 Å². The van der Waals surface area contributed by atoms with E-state index >= 15 is 0 Å². The van der Waals surface area contributed by atoms with Crippen LogP contribution in [0.15, 0.2) is 24.4 Å². The molecule has 2 N–H and O–H groups in total. The molecule has 0 radical (unpaired) electrons. The Morgan fingerprint density at radius 1 is 1.76 bits per heavy atom. The zero-order valence-electron chi connectivity index (χ0n) is 22.3. The fraction of sp³-hybridized carbons (Fsp3) is 0.438. The van der Waals surface area contributed by atoms with Crippen molar-refractivity contribution in [3.8, 4) is 0 Å². The van der Waals surface area contributed by atoms with Gasteiger partial charge in [-0.1, -0.05) is 6.07 Å². The third-order valence-electron chi connectivity index (χ3n) is 3.04. The van der Waals surface area contributed by atoms with Crippen LogP contribution in [-0.4, -0.2) is 49.1 Å². The van der Waals surface area contributed by atoms with Gasteiger partial charge in [-0.3, -0.25) is 0 Å². The monoisotopic (exact) mass is 298 g/mol. The van der Waals surface area contributed by atoms with E-state index in [0.29, 0.717) is 4.90 Å². The highest BCUT2D eigenvalue weighted by atomic mass is 16.6. The number of carbonyl (C=O) groups excluding carboxylic acids is 1. The van der Waals surface area contributed by atoms with Crippen molar-refractivity contribution in [2.45, 2.75) is 18.9 Å². The summed E-state index contributed by atoms with van der Waals surface area (Å²) in [7, 11) is 1.09. The summed E-state index contributed by atoms with van der Waals surface area (Å²) in [6.07, 6.45) is -2.63. The van der Waals surface area contributed by atoms with Gasteiger partial charge in [0.05, 0.1) is 11.5 Å². The number of cyclic esters (lactones) is 1. The Balaban J connectivity index is 2.05. The standard InChI is InChI=1S/C16H21N3O2/c1-19(2)6-5-12-9-17-15-4-3-11(8-14(12)15)7-13-10-21-16(20)18-13/h3-4,8-9,13,17H,5-7,10H2,1-2H3,(H,18,20)/t13-/m0/s1/i1D3,6D2,9D,10D2,13D/hD2. The normalized spacial score (nSPS) is 33.5. The molecule has 112 valence electrons. The second-order valence-corrected chi connectivity index (χ2v) is 4.65. The highest BCUT2D eigenvalue weighted by molar-refractivity contribution is 5.84. The predicted molar refractivity (Wildman–Crippen MR) is 82.5 cm³/mol. The molecular weight excluding hydrogens is 266 g/mol. The second kappa shape index (κ2) is 5.77. The van der Waals surface area contributed by atoms with Crippen molar-refractivity contribution in [2.24, 2.45) is 0 Å². The lowest BCUT2D eigenvalue weighted by molar-refractivity contribution is 0.177. The van der Waals surface area contributed by atoms with Gasteiger partial charge >= 0.3 is 6.09 Å². The van der Waals surface area contributed by atoms with E-state index < -0.39 is 45.0 Å². The summed E-state index contributed by atoms with van der Waals surface area (Å²) in [4.78, 5) is 12.9. The molecule has 0 spiro atoms. The highest BCUT2D eigenvalue weighted by Gasteiger charge is 2.22. The number of amides is 1. The molecule has 0 aliphatic carbocycles. The van der Waals surface area contributed by atoms with E-state index in [4.69, 9.17) is 15.2 Å². The molecule has 1 aliphatic heterocycles. The number of ether oxygens (including phenoxy) is 1. The molecule has 1 saturated heterocycles. The van der Waals surface area contributed by atoms with Gasteiger partial charge in [0.1, 0.15) is 6.56 Å². The van der Waals surface area contributed by atoms with Crippen LogP contribution >= 0.6 is 0 Å². The molecule has 0 saturated carbocycles. The van der Waals surface area contributed by atoms with E-state index in [9.17, 15) is 4.79 Å². The molecule has 1 aromatic heterocycles. The summed E-state index contributed by atoms with van der Waals surface area (Å²) in [6, 6.07) is 1.89. The fourth-order valence-electron chi connectivity index (χ4n) is 2.08.